The van der Waals surface area contributed by atoms with E-state index in [0.717, 1.165) is 24.2 Å². The van der Waals surface area contributed by atoms with Gasteiger partial charge in [-0.25, -0.2) is 4.79 Å². The van der Waals surface area contributed by atoms with E-state index in [0.29, 0.717) is 19.5 Å². The maximum atomic E-state index is 11.8. The fourth-order valence-electron chi connectivity index (χ4n) is 2.30. The molecule has 20 heavy (non-hydrogen) atoms. The van der Waals surface area contributed by atoms with Gasteiger partial charge in [0, 0.05) is 25.0 Å². The summed E-state index contributed by atoms with van der Waals surface area (Å²) in [5.74, 6) is -0.0904. The van der Waals surface area contributed by atoms with E-state index < -0.39 is 6.04 Å². The van der Waals surface area contributed by atoms with Crippen LogP contribution in [0.1, 0.15) is 30.7 Å². The fraction of sp³-hybridized carbons (Fsp3) is 0.571. The smallest absolute Gasteiger partial charge is 0.315 e. The van der Waals surface area contributed by atoms with E-state index in [1.54, 1.807) is 0 Å². The maximum Gasteiger partial charge on any atom is 0.315 e. The SMILES string of the molecule is Cc1ccc(CNC(=O)N[C@H]2CCCCNC2=O)n1C. The number of hydrogen-bond acceptors (Lipinski definition) is 2. The summed E-state index contributed by atoms with van der Waals surface area (Å²) in [4.78, 5) is 23.6. The first kappa shape index (κ1) is 14.4. The Morgan fingerprint density at radius 1 is 1.45 bits per heavy atom. The summed E-state index contributed by atoms with van der Waals surface area (Å²) < 4.78 is 2.03. The highest BCUT2D eigenvalue weighted by Crippen LogP contribution is 2.06. The average molecular weight is 278 g/mol. The lowest BCUT2D eigenvalue weighted by atomic mass is 10.1. The predicted molar refractivity (Wildman–Crippen MR) is 76.2 cm³/mol. The molecule has 3 N–H and O–H groups in total. The highest BCUT2D eigenvalue weighted by atomic mass is 16.2. The maximum absolute atomic E-state index is 11.8. The van der Waals surface area contributed by atoms with Crippen molar-refractivity contribution in [2.45, 2.75) is 38.8 Å². The van der Waals surface area contributed by atoms with Crippen LogP contribution in [0, 0.1) is 6.92 Å². The van der Waals surface area contributed by atoms with Gasteiger partial charge in [-0.3, -0.25) is 4.79 Å². The molecule has 0 radical (unpaired) electrons. The molecule has 0 aliphatic carbocycles. The number of aryl methyl sites for hydroxylation is 1. The molecule has 2 heterocycles. The molecule has 3 amide bonds. The average Bonchev–Trinajstić information content (AvgIpc) is 2.61. The third-order valence-corrected chi connectivity index (χ3v) is 3.75. The molecule has 1 atom stereocenters. The van der Waals surface area contributed by atoms with Gasteiger partial charge in [-0.2, -0.15) is 0 Å². The number of nitrogens with one attached hydrogen (secondary N) is 3. The fourth-order valence-corrected chi connectivity index (χ4v) is 2.30. The predicted octanol–water partition coefficient (Wildman–Crippen LogP) is 0.801. The van der Waals surface area contributed by atoms with Crippen molar-refractivity contribution in [1.82, 2.24) is 20.5 Å². The summed E-state index contributed by atoms with van der Waals surface area (Å²) >= 11 is 0. The van der Waals surface area contributed by atoms with Gasteiger partial charge in [-0.1, -0.05) is 0 Å². The Balaban J connectivity index is 1.83. The van der Waals surface area contributed by atoms with Gasteiger partial charge < -0.3 is 20.5 Å². The highest BCUT2D eigenvalue weighted by Gasteiger charge is 2.22. The number of carbonyl (C=O) groups is 2. The minimum atomic E-state index is -0.423. The molecule has 1 aliphatic heterocycles. The molecule has 0 unspecified atom stereocenters. The zero-order valence-corrected chi connectivity index (χ0v) is 12.0. The Bertz CT molecular complexity index is 495. The minimum absolute atomic E-state index is 0.0904. The Hall–Kier alpha value is -1.98. The molecule has 0 spiro atoms. The normalized spacial score (nSPS) is 19.1. The van der Waals surface area contributed by atoms with E-state index in [4.69, 9.17) is 0 Å². The van der Waals surface area contributed by atoms with Crippen LogP contribution in [-0.4, -0.2) is 29.1 Å². The van der Waals surface area contributed by atoms with Gasteiger partial charge in [0.05, 0.1) is 6.54 Å². The molecule has 0 aromatic carbocycles. The second-order valence-corrected chi connectivity index (χ2v) is 5.19. The van der Waals surface area contributed by atoms with E-state index >= 15 is 0 Å². The summed E-state index contributed by atoms with van der Waals surface area (Å²) in [6.07, 6.45) is 2.61. The van der Waals surface area contributed by atoms with Crippen LogP contribution in [0.5, 0.6) is 0 Å². The number of rotatable bonds is 3. The zero-order valence-electron chi connectivity index (χ0n) is 12.0. The van der Waals surface area contributed by atoms with Crippen LogP contribution in [0.15, 0.2) is 12.1 Å². The van der Waals surface area contributed by atoms with Gasteiger partial charge in [0.15, 0.2) is 0 Å². The molecule has 110 valence electrons. The summed E-state index contributed by atoms with van der Waals surface area (Å²) in [5.41, 5.74) is 2.17. The lowest BCUT2D eigenvalue weighted by molar-refractivity contribution is -0.122. The number of aromatic nitrogens is 1. The first-order chi connectivity index (χ1) is 9.58. The number of nitrogens with zero attached hydrogens (tertiary/aromatic N) is 1. The molecule has 1 saturated heterocycles. The Kier molecular flexibility index (Phi) is 4.65. The van der Waals surface area contributed by atoms with Gasteiger partial charge in [0.2, 0.25) is 5.91 Å². The van der Waals surface area contributed by atoms with E-state index in [1.165, 1.54) is 0 Å². The molecule has 1 fully saturated rings. The van der Waals surface area contributed by atoms with E-state index in [9.17, 15) is 9.59 Å². The number of hydrogen-bond donors (Lipinski definition) is 3. The summed E-state index contributed by atoms with van der Waals surface area (Å²) in [5, 5.41) is 8.32. The van der Waals surface area contributed by atoms with Crippen molar-refractivity contribution < 1.29 is 9.59 Å². The van der Waals surface area contributed by atoms with Gasteiger partial charge in [-0.05, 0) is 38.3 Å². The molecule has 1 aromatic rings. The second kappa shape index (κ2) is 6.45. The first-order valence-corrected chi connectivity index (χ1v) is 7.01. The van der Waals surface area contributed by atoms with E-state index in [-0.39, 0.29) is 11.9 Å². The van der Waals surface area contributed by atoms with Crippen LogP contribution in [0.25, 0.3) is 0 Å². The van der Waals surface area contributed by atoms with Gasteiger partial charge in [0.1, 0.15) is 6.04 Å². The Labute approximate surface area is 118 Å². The van der Waals surface area contributed by atoms with Crippen molar-refractivity contribution in [2.24, 2.45) is 7.05 Å². The van der Waals surface area contributed by atoms with Crippen molar-refractivity contribution in [1.29, 1.82) is 0 Å². The van der Waals surface area contributed by atoms with Crippen LogP contribution in [-0.2, 0) is 18.4 Å². The van der Waals surface area contributed by atoms with Crippen LogP contribution in [0.3, 0.4) is 0 Å². The highest BCUT2D eigenvalue weighted by molar-refractivity contribution is 5.87. The third-order valence-electron chi connectivity index (χ3n) is 3.75. The lowest BCUT2D eigenvalue weighted by Gasteiger charge is -2.16. The molecular formula is C14H22N4O2. The lowest BCUT2D eigenvalue weighted by Crippen LogP contribution is -2.49. The summed E-state index contributed by atoms with van der Waals surface area (Å²) in [6, 6.07) is 3.26. The standard InChI is InChI=1S/C14H22N4O2/c1-10-6-7-11(18(10)2)9-16-14(20)17-12-5-3-4-8-15-13(12)19/h6-7,12H,3-5,8-9H2,1-2H3,(H,15,19)(H2,16,17,20)/t12-/m0/s1. The minimum Gasteiger partial charge on any atom is -0.354 e. The first-order valence-electron chi connectivity index (χ1n) is 7.01. The Morgan fingerprint density at radius 2 is 2.25 bits per heavy atom. The number of carbonyl (C=O) groups excluding carboxylic acids is 2. The van der Waals surface area contributed by atoms with Crippen molar-refractivity contribution in [2.75, 3.05) is 6.54 Å². The molecule has 1 aliphatic rings. The van der Waals surface area contributed by atoms with Crippen molar-refractivity contribution in [3.8, 4) is 0 Å². The molecule has 2 rings (SSSR count). The number of amides is 3. The Morgan fingerprint density at radius 3 is 2.95 bits per heavy atom. The van der Waals surface area contributed by atoms with Crippen molar-refractivity contribution in [3.05, 3.63) is 23.5 Å². The van der Waals surface area contributed by atoms with Crippen LogP contribution in [0.2, 0.25) is 0 Å². The quantitative estimate of drug-likeness (QED) is 0.765. The molecule has 1 aromatic heterocycles. The number of urea groups is 1. The van der Waals surface area contributed by atoms with Crippen molar-refractivity contribution in [3.63, 3.8) is 0 Å². The summed E-state index contributed by atoms with van der Waals surface area (Å²) in [7, 11) is 1.96. The largest absolute Gasteiger partial charge is 0.354 e. The zero-order chi connectivity index (χ0) is 14.5. The topological polar surface area (TPSA) is 75.2 Å². The van der Waals surface area contributed by atoms with E-state index in [2.05, 4.69) is 16.0 Å². The molecule has 6 heteroatoms. The van der Waals surface area contributed by atoms with Gasteiger partial charge in [-0.15, -0.1) is 0 Å². The van der Waals surface area contributed by atoms with Gasteiger partial charge in [0.25, 0.3) is 0 Å². The van der Waals surface area contributed by atoms with Gasteiger partial charge >= 0.3 is 6.03 Å². The third kappa shape index (κ3) is 3.53. The second-order valence-electron chi connectivity index (χ2n) is 5.19. The monoisotopic (exact) mass is 278 g/mol. The van der Waals surface area contributed by atoms with E-state index in [1.807, 2.05) is 30.7 Å². The molecule has 0 bridgehead atoms. The summed E-state index contributed by atoms with van der Waals surface area (Å²) in [6.45, 7) is 3.16. The molecular weight excluding hydrogens is 256 g/mol. The van der Waals surface area contributed by atoms with Crippen LogP contribution >= 0.6 is 0 Å². The van der Waals surface area contributed by atoms with Crippen LogP contribution in [0.4, 0.5) is 4.79 Å². The van der Waals surface area contributed by atoms with Crippen molar-refractivity contribution >= 4 is 11.9 Å². The molecule has 0 saturated carbocycles. The molecule has 6 nitrogen and oxygen atoms in total. The van der Waals surface area contributed by atoms with Crippen LogP contribution < -0.4 is 16.0 Å².